The van der Waals surface area contributed by atoms with E-state index < -0.39 is 8.60 Å². The number of hydrogen-bond acceptors (Lipinski definition) is 4. The maximum atomic E-state index is 8.14. The molecule has 0 heterocycles. The third-order valence-corrected chi connectivity index (χ3v) is 0.923. The summed E-state index contributed by atoms with van der Waals surface area (Å²) in [6, 6.07) is 0. The average Bonchev–Trinajstić information content (AvgIpc) is 1.66. The van der Waals surface area contributed by atoms with Gasteiger partial charge in [0.05, 0.1) is 6.61 Å². The normalized spacial score (nSPS) is 10.5. The van der Waals surface area contributed by atoms with Gasteiger partial charge in [0, 0.05) is 6.61 Å². The fourth-order valence-corrected chi connectivity index (χ4v) is 0.503. The Hall–Kier alpha value is 0.270. The molecule has 0 aromatic heterocycles. The van der Waals surface area contributed by atoms with Crippen molar-refractivity contribution < 1.29 is 19.4 Å². The van der Waals surface area contributed by atoms with Crippen LogP contribution < -0.4 is 0 Å². The van der Waals surface area contributed by atoms with E-state index in [1.807, 2.05) is 0 Å². The van der Waals surface area contributed by atoms with Crippen molar-refractivity contribution in [1.82, 2.24) is 0 Å². The Kier molecular flexibility index (Phi) is 5.59. The standard InChI is InChI=1S/C3H9O4P/c4-2-1-3-7-8(5)6/h4-6H,1-3H2. The number of hydrogen-bond donors (Lipinski definition) is 3. The molecule has 50 valence electrons. The molecule has 0 fully saturated rings. The maximum absolute atomic E-state index is 8.14. The Morgan fingerprint density at radius 3 is 2.38 bits per heavy atom. The van der Waals surface area contributed by atoms with Crippen LogP contribution in [-0.2, 0) is 4.52 Å². The van der Waals surface area contributed by atoms with Gasteiger partial charge in [0.25, 0.3) is 0 Å². The van der Waals surface area contributed by atoms with E-state index in [0.717, 1.165) is 0 Å². The summed E-state index contributed by atoms with van der Waals surface area (Å²) >= 11 is 0. The second kappa shape index (κ2) is 5.41. The van der Waals surface area contributed by atoms with Gasteiger partial charge in [-0.05, 0) is 6.42 Å². The van der Waals surface area contributed by atoms with Gasteiger partial charge in [-0.1, -0.05) is 0 Å². The lowest BCUT2D eigenvalue weighted by Gasteiger charge is -1.99. The molecule has 0 aromatic carbocycles. The summed E-state index contributed by atoms with van der Waals surface area (Å²) in [5, 5.41) is 8.14. The summed E-state index contributed by atoms with van der Waals surface area (Å²) in [6.07, 6.45) is 0.444. The number of aliphatic hydroxyl groups is 1. The third kappa shape index (κ3) is 6.27. The largest absolute Gasteiger partial charge is 0.396 e. The molecule has 0 unspecified atom stereocenters. The SMILES string of the molecule is OCCCOP(O)O. The van der Waals surface area contributed by atoms with Gasteiger partial charge >= 0.3 is 8.60 Å². The summed E-state index contributed by atoms with van der Waals surface area (Å²) in [5.41, 5.74) is 0. The highest BCUT2D eigenvalue weighted by Crippen LogP contribution is 2.23. The van der Waals surface area contributed by atoms with E-state index in [1.54, 1.807) is 0 Å². The molecule has 5 heteroatoms. The molecule has 3 N–H and O–H groups in total. The van der Waals surface area contributed by atoms with E-state index in [4.69, 9.17) is 14.9 Å². The van der Waals surface area contributed by atoms with Crippen molar-refractivity contribution in [3.63, 3.8) is 0 Å². The molecule has 0 radical (unpaired) electrons. The molecule has 0 aliphatic carbocycles. The summed E-state index contributed by atoms with van der Waals surface area (Å²) < 4.78 is 4.30. The van der Waals surface area contributed by atoms with Gasteiger partial charge in [0.2, 0.25) is 0 Å². The van der Waals surface area contributed by atoms with Crippen LogP contribution in [0.4, 0.5) is 0 Å². The van der Waals surface area contributed by atoms with Crippen LogP contribution in [0.1, 0.15) is 6.42 Å². The Balaban J connectivity index is 2.72. The van der Waals surface area contributed by atoms with Crippen molar-refractivity contribution in [2.24, 2.45) is 0 Å². The number of aliphatic hydroxyl groups excluding tert-OH is 1. The van der Waals surface area contributed by atoms with Crippen molar-refractivity contribution in [3.8, 4) is 0 Å². The predicted molar refractivity (Wildman–Crippen MR) is 29.0 cm³/mol. The predicted octanol–water partition coefficient (Wildman–Crippen LogP) is -0.403. The highest BCUT2D eigenvalue weighted by atomic mass is 31.2. The minimum Gasteiger partial charge on any atom is -0.396 e. The van der Waals surface area contributed by atoms with Gasteiger partial charge in [-0.3, -0.25) is 0 Å². The summed E-state index contributed by atoms with van der Waals surface area (Å²) in [7, 11) is -2.22. The van der Waals surface area contributed by atoms with E-state index in [2.05, 4.69) is 4.52 Å². The highest BCUT2D eigenvalue weighted by Gasteiger charge is 1.95. The Bertz CT molecular complexity index is 48.5. The second-order valence-corrected chi connectivity index (χ2v) is 1.93. The molecule has 0 spiro atoms. The summed E-state index contributed by atoms with van der Waals surface area (Å²) in [6.45, 7) is 0.221. The minimum atomic E-state index is -2.22. The van der Waals surface area contributed by atoms with Gasteiger partial charge in [0.1, 0.15) is 0 Å². The van der Waals surface area contributed by atoms with Gasteiger partial charge in [0.15, 0.2) is 0 Å². The lowest BCUT2D eigenvalue weighted by atomic mass is 10.5. The van der Waals surface area contributed by atoms with Gasteiger partial charge in [-0.2, -0.15) is 0 Å². The van der Waals surface area contributed by atoms with Gasteiger partial charge < -0.3 is 19.4 Å². The molecule has 0 rings (SSSR count). The molecule has 0 aliphatic heterocycles. The van der Waals surface area contributed by atoms with Crippen molar-refractivity contribution in [2.45, 2.75) is 6.42 Å². The topological polar surface area (TPSA) is 69.9 Å². The molecule has 4 nitrogen and oxygen atoms in total. The van der Waals surface area contributed by atoms with Crippen molar-refractivity contribution in [2.75, 3.05) is 13.2 Å². The minimum absolute atomic E-state index is 0.0170. The maximum Gasteiger partial charge on any atom is 0.327 e. The fraction of sp³-hybridized carbons (Fsp3) is 1.00. The molecular formula is C3H9O4P. The zero-order valence-electron chi connectivity index (χ0n) is 4.32. The van der Waals surface area contributed by atoms with E-state index >= 15 is 0 Å². The van der Waals surface area contributed by atoms with Crippen LogP contribution in [0.5, 0.6) is 0 Å². The van der Waals surface area contributed by atoms with Crippen molar-refractivity contribution >= 4 is 8.60 Å². The fourth-order valence-electron chi connectivity index (χ4n) is 0.211. The van der Waals surface area contributed by atoms with Crippen LogP contribution in [-0.4, -0.2) is 28.1 Å². The molecule has 0 bridgehead atoms. The summed E-state index contributed by atoms with van der Waals surface area (Å²) in [4.78, 5) is 16.2. The molecule has 0 saturated carbocycles. The third-order valence-electron chi connectivity index (χ3n) is 0.509. The Morgan fingerprint density at radius 2 is 2.00 bits per heavy atom. The smallest absolute Gasteiger partial charge is 0.327 e. The molecule has 0 aliphatic rings. The monoisotopic (exact) mass is 140 g/mol. The molecule has 0 saturated heterocycles. The van der Waals surface area contributed by atoms with E-state index in [1.165, 1.54) is 0 Å². The molecule has 8 heavy (non-hydrogen) atoms. The quantitative estimate of drug-likeness (QED) is 0.367. The lowest BCUT2D eigenvalue weighted by molar-refractivity contribution is 0.212. The van der Waals surface area contributed by atoms with Gasteiger partial charge in [-0.25, -0.2) is 0 Å². The molecule has 0 atom stereocenters. The summed E-state index contributed by atoms with van der Waals surface area (Å²) in [5.74, 6) is 0. The van der Waals surface area contributed by atoms with Crippen LogP contribution in [0, 0.1) is 0 Å². The molecule has 0 amide bonds. The second-order valence-electron chi connectivity index (χ2n) is 1.16. The van der Waals surface area contributed by atoms with Crippen molar-refractivity contribution in [3.05, 3.63) is 0 Å². The van der Waals surface area contributed by atoms with Crippen LogP contribution in [0.2, 0.25) is 0 Å². The first-order valence-corrected chi connectivity index (χ1v) is 3.35. The first-order chi connectivity index (χ1) is 3.77. The first kappa shape index (κ1) is 8.27. The van der Waals surface area contributed by atoms with E-state index in [0.29, 0.717) is 6.42 Å². The molecule has 0 aromatic rings. The van der Waals surface area contributed by atoms with E-state index in [9.17, 15) is 0 Å². The van der Waals surface area contributed by atoms with Crippen LogP contribution in [0.25, 0.3) is 0 Å². The van der Waals surface area contributed by atoms with Crippen LogP contribution >= 0.6 is 8.60 Å². The average molecular weight is 140 g/mol. The van der Waals surface area contributed by atoms with E-state index in [-0.39, 0.29) is 13.2 Å². The number of rotatable bonds is 4. The lowest BCUT2D eigenvalue weighted by Crippen LogP contribution is -1.91. The van der Waals surface area contributed by atoms with Crippen molar-refractivity contribution in [1.29, 1.82) is 0 Å². The van der Waals surface area contributed by atoms with Gasteiger partial charge in [-0.15, -0.1) is 0 Å². The van der Waals surface area contributed by atoms with Crippen LogP contribution in [0.15, 0.2) is 0 Å². The zero-order chi connectivity index (χ0) is 6.41. The Labute approximate surface area is 48.7 Å². The zero-order valence-corrected chi connectivity index (χ0v) is 5.21. The Morgan fingerprint density at radius 1 is 1.38 bits per heavy atom. The molecular weight excluding hydrogens is 131 g/mol. The first-order valence-electron chi connectivity index (χ1n) is 2.19. The van der Waals surface area contributed by atoms with Crippen LogP contribution in [0.3, 0.4) is 0 Å². The highest BCUT2D eigenvalue weighted by molar-refractivity contribution is 7.39.